The molecule has 0 aliphatic heterocycles. The summed E-state index contributed by atoms with van der Waals surface area (Å²) in [7, 11) is 0. The van der Waals surface area contributed by atoms with Gasteiger partial charge in [-0.1, -0.05) is 31.8 Å². The van der Waals surface area contributed by atoms with Crippen molar-refractivity contribution in [3.63, 3.8) is 0 Å². The van der Waals surface area contributed by atoms with E-state index >= 15 is 0 Å². The van der Waals surface area contributed by atoms with Gasteiger partial charge in [0.15, 0.2) is 0 Å². The standard InChI is InChI=1S/C14H17FOS/c1-11(2)17-10-13-6-7-14(15)9-12(13)5-3-4-8-16/h6-7,9,11,16H,4,8,10H2,1-2H3. The third kappa shape index (κ3) is 5.25. The molecule has 1 N–H and O–H groups in total. The summed E-state index contributed by atoms with van der Waals surface area (Å²) in [6.45, 7) is 4.30. The minimum absolute atomic E-state index is 0.0401. The second-order valence-electron chi connectivity index (χ2n) is 3.94. The average Bonchev–Trinajstić information content (AvgIpc) is 2.28. The summed E-state index contributed by atoms with van der Waals surface area (Å²) in [6.07, 6.45) is 0.424. The molecular formula is C14H17FOS. The number of thioether (sulfide) groups is 1. The van der Waals surface area contributed by atoms with Crippen molar-refractivity contribution in [3.05, 3.63) is 35.1 Å². The molecule has 0 fully saturated rings. The zero-order valence-corrected chi connectivity index (χ0v) is 11.0. The molecule has 3 heteroatoms. The van der Waals surface area contributed by atoms with Crippen LogP contribution in [0.1, 0.15) is 31.4 Å². The topological polar surface area (TPSA) is 20.2 Å². The summed E-state index contributed by atoms with van der Waals surface area (Å²) >= 11 is 1.80. The molecule has 0 unspecified atom stereocenters. The highest BCUT2D eigenvalue weighted by atomic mass is 32.2. The Morgan fingerprint density at radius 1 is 1.41 bits per heavy atom. The molecule has 0 spiro atoms. The Balaban J connectivity index is 2.85. The van der Waals surface area contributed by atoms with Crippen molar-refractivity contribution in [2.24, 2.45) is 0 Å². The van der Waals surface area contributed by atoms with E-state index in [-0.39, 0.29) is 12.4 Å². The quantitative estimate of drug-likeness (QED) is 0.830. The summed E-state index contributed by atoms with van der Waals surface area (Å²) in [5.74, 6) is 6.31. The summed E-state index contributed by atoms with van der Waals surface area (Å²) in [5, 5.41) is 9.20. The first-order valence-corrected chi connectivity index (χ1v) is 6.68. The predicted octanol–water partition coefficient (Wildman–Crippen LogP) is 3.20. The zero-order chi connectivity index (χ0) is 12.7. The van der Waals surface area contributed by atoms with Crippen LogP contribution < -0.4 is 0 Å². The molecule has 92 valence electrons. The van der Waals surface area contributed by atoms with Crippen molar-refractivity contribution in [2.75, 3.05) is 6.61 Å². The van der Waals surface area contributed by atoms with E-state index in [0.717, 1.165) is 16.9 Å². The monoisotopic (exact) mass is 252 g/mol. The van der Waals surface area contributed by atoms with E-state index < -0.39 is 0 Å². The highest BCUT2D eigenvalue weighted by molar-refractivity contribution is 7.99. The van der Waals surface area contributed by atoms with E-state index in [1.807, 2.05) is 0 Å². The molecule has 0 amide bonds. The van der Waals surface area contributed by atoms with E-state index in [4.69, 9.17) is 5.11 Å². The van der Waals surface area contributed by atoms with E-state index in [2.05, 4.69) is 25.7 Å². The highest BCUT2D eigenvalue weighted by Gasteiger charge is 2.03. The van der Waals surface area contributed by atoms with E-state index in [1.165, 1.54) is 12.1 Å². The third-order valence-corrected chi connectivity index (χ3v) is 3.25. The minimum Gasteiger partial charge on any atom is -0.395 e. The fraction of sp³-hybridized carbons (Fsp3) is 0.429. The first-order chi connectivity index (χ1) is 8.13. The van der Waals surface area contributed by atoms with Crippen LogP contribution in [0.2, 0.25) is 0 Å². The number of halogens is 1. The van der Waals surface area contributed by atoms with Crippen molar-refractivity contribution in [1.82, 2.24) is 0 Å². The zero-order valence-electron chi connectivity index (χ0n) is 10.2. The van der Waals surface area contributed by atoms with Crippen molar-refractivity contribution >= 4 is 11.8 Å². The maximum absolute atomic E-state index is 13.1. The second kappa shape index (κ2) is 7.37. The number of hydrogen-bond donors (Lipinski definition) is 1. The van der Waals surface area contributed by atoms with Crippen LogP contribution in [-0.2, 0) is 5.75 Å². The highest BCUT2D eigenvalue weighted by Crippen LogP contribution is 2.20. The van der Waals surface area contributed by atoms with Crippen LogP contribution >= 0.6 is 11.8 Å². The van der Waals surface area contributed by atoms with Crippen LogP contribution in [0.25, 0.3) is 0 Å². The molecule has 0 radical (unpaired) electrons. The van der Waals surface area contributed by atoms with Crippen LogP contribution in [0.15, 0.2) is 18.2 Å². The van der Waals surface area contributed by atoms with Gasteiger partial charge >= 0.3 is 0 Å². The van der Waals surface area contributed by atoms with Gasteiger partial charge in [-0.3, -0.25) is 0 Å². The second-order valence-corrected chi connectivity index (χ2v) is 5.50. The number of rotatable bonds is 4. The lowest BCUT2D eigenvalue weighted by molar-refractivity contribution is 0.305. The van der Waals surface area contributed by atoms with Gasteiger partial charge < -0.3 is 5.11 Å². The van der Waals surface area contributed by atoms with Gasteiger partial charge in [0.05, 0.1) is 6.61 Å². The van der Waals surface area contributed by atoms with Crippen LogP contribution in [-0.4, -0.2) is 17.0 Å². The molecule has 0 aliphatic carbocycles. The van der Waals surface area contributed by atoms with Gasteiger partial charge in [0.2, 0.25) is 0 Å². The molecule has 0 saturated carbocycles. The maximum Gasteiger partial charge on any atom is 0.124 e. The molecule has 1 rings (SSSR count). The lowest BCUT2D eigenvalue weighted by Crippen LogP contribution is -1.93. The Morgan fingerprint density at radius 3 is 2.82 bits per heavy atom. The van der Waals surface area contributed by atoms with E-state index in [9.17, 15) is 4.39 Å². The molecule has 1 aromatic carbocycles. The third-order valence-electron chi connectivity index (χ3n) is 2.10. The van der Waals surface area contributed by atoms with Crippen LogP contribution in [0.3, 0.4) is 0 Å². The SMILES string of the molecule is CC(C)SCc1ccc(F)cc1C#CCCO. The smallest absolute Gasteiger partial charge is 0.124 e. The Bertz CT molecular complexity index is 418. The number of benzene rings is 1. The Morgan fingerprint density at radius 2 is 2.18 bits per heavy atom. The van der Waals surface area contributed by atoms with Crippen molar-refractivity contribution in [1.29, 1.82) is 0 Å². The lowest BCUT2D eigenvalue weighted by atomic mass is 10.1. The first kappa shape index (κ1) is 14.1. The summed E-state index contributed by atoms with van der Waals surface area (Å²) in [6, 6.07) is 4.71. The molecule has 0 heterocycles. The Kier molecular flexibility index (Phi) is 6.10. The predicted molar refractivity (Wildman–Crippen MR) is 71.4 cm³/mol. The Labute approximate surface area is 106 Å². The van der Waals surface area contributed by atoms with Crippen LogP contribution in [0.4, 0.5) is 4.39 Å². The van der Waals surface area contributed by atoms with Gasteiger partial charge in [-0.15, -0.1) is 0 Å². The molecule has 17 heavy (non-hydrogen) atoms. The van der Waals surface area contributed by atoms with Gasteiger partial charge in [0.1, 0.15) is 5.82 Å². The molecular weight excluding hydrogens is 235 g/mol. The van der Waals surface area contributed by atoms with Gasteiger partial charge in [-0.25, -0.2) is 4.39 Å². The van der Waals surface area contributed by atoms with E-state index in [0.29, 0.717) is 11.7 Å². The van der Waals surface area contributed by atoms with Crippen LogP contribution in [0, 0.1) is 17.7 Å². The fourth-order valence-electron chi connectivity index (χ4n) is 1.26. The fourth-order valence-corrected chi connectivity index (χ4v) is 2.03. The van der Waals surface area contributed by atoms with Crippen molar-refractivity contribution < 1.29 is 9.50 Å². The van der Waals surface area contributed by atoms with Gasteiger partial charge in [0.25, 0.3) is 0 Å². The minimum atomic E-state index is -0.267. The molecule has 0 aromatic heterocycles. The molecule has 0 atom stereocenters. The summed E-state index contributed by atoms with van der Waals surface area (Å²) in [4.78, 5) is 0. The van der Waals surface area contributed by atoms with Gasteiger partial charge in [0, 0.05) is 17.7 Å². The number of hydrogen-bond acceptors (Lipinski definition) is 2. The first-order valence-electron chi connectivity index (χ1n) is 5.63. The van der Waals surface area contributed by atoms with E-state index in [1.54, 1.807) is 17.8 Å². The molecule has 0 saturated heterocycles. The van der Waals surface area contributed by atoms with Crippen molar-refractivity contribution in [2.45, 2.75) is 31.3 Å². The summed E-state index contributed by atoms with van der Waals surface area (Å²) in [5.41, 5.74) is 1.78. The number of aliphatic hydroxyl groups is 1. The molecule has 1 aromatic rings. The van der Waals surface area contributed by atoms with Gasteiger partial charge in [-0.2, -0.15) is 11.8 Å². The van der Waals surface area contributed by atoms with Gasteiger partial charge in [-0.05, 0) is 22.9 Å². The average molecular weight is 252 g/mol. The lowest BCUT2D eigenvalue weighted by Gasteiger charge is -2.07. The normalized spacial score (nSPS) is 10.2. The summed E-state index contributed by atoms with van der Waals surface area (Å²) < 4.78 is 13.1. The molecule has 0 aliphatic rings. The van der Waals surface area contributed by atoms with Crippen molar-refractivity contribution in [3.8, 4) is 11.8 Å². The number of aliphatic hydroxyl groups excluding tert-OH is 1. The Hall–Kier alpha value is -0.980. The largest absolute Gasteiger partial charge is 0.395 e. The maximum atomic E-state index is 13.1. The molecule has 0 bridgehead atoms. The van der Waals surface area contributed by atoms with Crippen LogP contribution in [0.5, 0.6) is 0 Å². The molecule has 1 nitrogen and oxygen atoms in total.